The third kappa shape index (κ3) is 3.61. The lowest BCUT2D eigenvalue weighted by Crippen LogP contribution is -2.02. The average molecular weight is 288 g/mol. The second-order valence-corrected chi connectivity index (χ2v) is 4.50. The van der Waals surface area contributed by atoms with Gasteiger partial charge in [-0.05, 0) is 11.1 Å². The van der Waals surface area contributed by atoms with Crippen molar-refractivity contribution in [2.75, 3.05) is 0 Å². The van der Waals surface area contributed by atoms with Gasteiger partial charge >= 0.3 is 0 Å². The minimum Gasteiger partial charge on any atom is -0.388 e. The third-order valence-electron chi connectivity index (χ3n) is 3.04. The van der Waals surface area contributed by atoms with E-state index >= 15 is 0 Å². The summed E-state index contributed by atoms with van der Waals surface area (Å²) in [7, 11) is 0. The van der Waals surface area contributed by atoms with Crippen molar-refractivity contribution < 1.29 is 15.0 Å². The first-order valence-corrected chi connectivity index (χ1v) is 6.13. The molecular formula is C14H12N2O5. The number of aliphatic hydroxyl groups excluding tert-OH is 1. The Hall–Kier alpha value is -2.80. The van der Waals surface area contributed by atoms with Gasteiger partial charge in [0.15, 0.2) is 0 Å². The Bertz CT molecular complexity index is 669. The van der Waals surface area contributed by atoms with E-state index in [0.29, 0.717) is 11.1 Å². The minimum absolute atomic E-state index is 0.0245. The van der Waals surface area contributed by atoms with E-state index in [0.717, 1.165) is 0 Å². The summed E-state index contributed by atoms with van der Waals surface area (Å²) in [6.07, 6.45) is -0.689. The highest BCUT2D eigenvalue weighted by Gasteiger charge is 2.13. The molecule has 0 spiro atoms. The molecule has 0 amide bonds. The zero-order valence-corrected chi connectivity index (χ0v) is 10.9. The fourth-order valence-electron chi connectivity index (χ4n) is 1.94. The van der Waals surface area contributed by atoms with Crippen molar-refractivity contribution in [3.63, 3.8) is 0 Å². The molecule has 0 fully saturated rings. The maximum atomic E-state index is 10.7. The van der Waals surface area contributed by atoms with Gasteiger partial charge in [0, 0.05) is 30.7 Å². The lowest BCUT2D eigenvalue weighted by Gasteiger charge is -2.10. The monoisotopic (exact) mass is 288 g/mol. The highest BCUT2D eigenvalue weighted by molar-refractivity contribution is 5.37. The Morgan fingerprint density at radius 2 is 1.57 bits per heavy atom. The van der Waals surface area contributed by atoms with Crippen molar-refractivity contribution in [3.8, 4) is 0 Å². The highest BCUT2D eigenvalue weighted by Crippen LogP contribution is 2.23. The fraction of sp³-hybridized carbons (Fsp3) is 0.143. The summed E-state index contributed by atoms with van der Waals surface area (Å²) in [5, 5.41) is 31.3. The van der Waals surface area contributed by atoms with Crippen molar-refractivity contribution >= 4 is 11.4 Å². The highest BCUT2D eigenvalue weighted by atomic mass is 16.6. The number of aliphatic hydroxyl groups is 1. The minimum atomic E-state index is -0.911. The number of hydrogen-bond donors (Lipinski definition) is 1. The van der Waals surface area contributed by atoms with E-state index in [9.17, 15) is 25.3 Å². The summed E-state index contributed by atoms with van der Waals surface area (Å²) < 4.78 is 0. The predicted molar refractivity (Wildman–Crippen MR) is 74.9 cm³/mol. The van der Waals surface area contributed by atoms with Gasteiger partial charge in [0.2, 0.25) is 0 Å². The number of nitro groups is 2. The zero-order chi connectivity index (χ0) is 15.4. The second-order valence-electron chi connectivity index (χ2n) is 4.50. The van der Waals surface area contributed by atoms with E-state index < -0.39 is 16.0 Å². The number of benzene rings is 2. The molecule has 2 rings (SSSR count). The van der Waals surface area contributed by atoms with Gasteiger partial charge in [0.1, 0.15) is 0 Å². The first-order chi connectivity index (χ1) is 9.97. The van der Waals surface area contributed by atoms with Crippen molar-refractivity contribution in [2.24, 2.45) is 0 Å². The Balaban J connectivity index is 2.13. The summed E-state index contributed by atoms with van der Waals surface area (Å²) in [5.41, 5.74) is 1.03. The van der Waals surface area contributed by atoms with Crippen LogP contribution in [0.3, 0.4) is 0 Å². The van der Waals surface area contributed by atoms with E-state index in [1.807, 2.05) is 0 Å². The molecule has 0 aliphatic rings. The lowest BCUT2D eigenvalue weighted by molar-refractivity contribution is -0.385. The SMILES string of the molecule is O=[N+]([O-])c1ccc(CC(O)c2cccc([N+](=O)[O-])c2)cc1. The van der Waals surface area contributed by atoms with Crippen LogP contribution in [-0.2, 0) is 6.42 Å². The standard InChI is InChI=1S/C14H12N2O5/c17-14(11-2-1-3-13(9-11)16(20)21)8-10-4-6-12(7-5-10)15(18)19/h1-7,9,14,17H,8H2. The predicted octanol–water partition coefficient (Wildman–Crippen LogP) is 2.78. The molecule has 0 aromatic heterocycles. The molecule has 2 aromatic rings. The van der Waals surface area contributed by atoms with Crippen LogP contribution in [0.25, 0.3) is 0 Å². The second kappa shape index (κ2) is 6.10. The lowest BCUT2D eigenvalue weighted by atomic mass is 10.0. The van der Waals surface area contributed by atoms with Crippen LogP contribution in [0.5, 0.6) is 0 Å². The molecule has 0 radical (unpaired) electrons. The molecule has 0 aliphatic heterocycles. The molecular weight excluding hydrogens is 276 g/mol. The van der Waals surface area contributed by atoms with Gasteiger partial charge in [-0.15, -0.1) is 0 Å². The molecule has 0 heterocycles. The van der Waals surface area contributed by atoms with Crippen LogP contribution in [0.4, 0.5) is 11.4 Å². The van der Waals surface area contributed by atoms with Gasteiger partial charge in [-0.2, -0.15) is 0 Å². The Labute approximate surface area is 119 Å². The number of nitro benzene ring substituents is 2. The molecule has 7 heteroatoms. The molecule has 0 saturated heterocycles. The summed E-state index contributed by atoms with van der Waals surface area (Å²) >= 11 is 0. The van der Waals surface area contributed by atoms with Gasteiger partial charge in [0.05, 0.1) is 16.0 Å². The van der Waals surface area contributed by atoms with Gasteiger partial charge in [-0.3, -0.25) is 20.2 Å². The van der Waals surface area contributed by atoms with E-state index in [-0.39, 0.29) is 17.8 Å². The van der Waals surface area contributed by atoms with Crippen LogP contribution in [0.1, 0.15) is 17.2 Å². The molecule has 0 bridgehead atoms. The molecule has 0 saturated carbocycles. The first-order valence-electron chi connectivity index (χ1n) is 6.13. The van der Waals surface area contributed by atoms with Crippen molar-refractivity contribution in [2.45, 2.75) is 12.5 Å². The van der Waals surface area contributed by atoms with Crippen molar-refractivity contribution in [3.05, 3.63) is 79.9 Å². The number of non-ortho nitro benzene ring substituents is 2. The van der Waals surface area contributed by atoms with Crippen LogP contribution in [-0.4, -0.2) is 15.0 Å². The van der Waals surface area contributed by atoms with Crippen molar-refractivity contribution in [1.29, 1.82) is 0 Å². The van der Waals surface area contributed by atoms with E-state index in [1.165, 1.54) is 30.3 Å². The quantitative estimate of drug-likeness (QED) is 0.672. The van der Waals surface area contributed by atoms with Gasteiger partial charge in [0.25, 0.3) is 11.4 Å². The molecule has 0 aliphatic carbocycles. The summed E-state index contributed by atoms with van der Waals surface area (Å²) in [6, 6.07) is 11.6. The van der Waals surface area contributed by atoms with Gasteiger partial charge in [-0.1, -0.05) is 24.3 Å². The van der Waals surface area contributed by atoms with Crippen LogP contribution < -0.4 is 0 Å². The summed E-state index contributed by atoms with van der Waals surface area (Å²) in [6.45, 7) is 0. The molecule has 1 atom stereocenters. The Kier molecular flexibility index (Phi) is 4.24. The molecule has 2 aromatic carbocycles. The van der Waals surface area contributed by atoms with E-state index in [1.54, 1.807) is 18.2 Å². The van der Waals surface area contributed by atoms with Gasteiger partial charge < -0.3 is 5.11 Å². The molecule has 1 N–H and O–H groups in total. The van der Waals surface area contributed by atoms with E-state index in [2.05, 4.69) is 0 Å². The Morgan fingerprint density at radius 3 is 2.14 bits per heavy atom. The van der Waals surface area contributed by atoms with Crippen LogP contribution in [0, 0.1) is 20.2 Å². The number of rotatable bonds is 5. The smallest absolute Gasteiger partial charge is 0.269 e. The molecule has 21 heavy (non-hydrogen) atoms. The zero-order valence-electron chi connectivity index (χ0n) is 10.9. The van der Waals surface area contributed by atoms with Gasteiger partial charge in [-0.25, -0.2) is 0 Å². The fourth-order valence-corrected chi connectivity index (χ4v) is 1.94. The first kappa shape index (κ1) is 14.6. The van der Waals surface area contributed by atoms with Crippen LogP contribution >= 0.6 is 0 Å². The third-order valence-corrected chi connectivity index (χ3v) is 3.04. The maximum absolute atomic E-state index is 10.7. The average Bonchev–Trinajstić information content (AvgIpc) is 2.48. The molecule has 108 valence electrons. The maximum Gasteiger partial charge on any atom is 0.269 e. The molecule has 7 nitrogen and oxygen atoms in total. The molecule has 1 unspecified atom stereocenters. The summed E-state index contributed by atoms with van der Waals surface area (Å²) in [4.78, 5) is 20.2. The summed E-state index contributed by atoms with van der Waals surface area (Å²) in [5.74, 6) is 0. The normalized spacial score (nSPS) is 11.9. The number of hydrogen-bond acceptors (Lipinski definition) is 5. The van der Waals surface area contributed by atoms with Crippen molar-refractivity contribution in [1.82, 2.24) is 0 Å². The van der Waals surface area contributed by atoms with Crippen LogP contribution in [0.2, 0.25) is 0 Å². The number of nitrogens with zero attached hydrogens (tertiary/aromatic N) is 2. The Morgan fingerprint density at radius 1 is 0.952 bits per heavy atom. The topological polar surface area (TPSA) is 107 Å². The van der Waals surface area contributed by atoms with E-state index in [4.69, 9.17) is 0 Å². The largest absolute Gasteiger partial charge is 0.388 e. The van der Waals surface area contributed by atoms with Crippen LogP contribution in [0.15, 0.2) is 48.5 Å².